The zero-order chi connectivity index (χ0) is 16.7. The molecule has 2 aromatic rings. The Morgan fingerprint density at radius 1 is 1.39 bits per heavy atom. The van der Waals surface area contributed by atoms with Crippen LogP contribution in [-0.4, -0.2) is 22.3 Å². The van der Waals surface area contributed by atoms with Crippen molar-refractivity contribution >= 4 is 17.2 Å². The predicted molar refractivity (Wildman–Crippen MR) is 93.5 cm³/mol. The van der Waals surface area contributed by atoms with Gasteiger partial charge in [0.2, 0.25) is 5.91 Å². The first-order valence-corrected chi connectivity index (χ1v) is 8.51. The maximum atomic E-state index is 11.9. The smallest absolute Gasteiger partial charge is 0.222 e. The number of aryl methyl sites for hydroxylation is 1. The number of amides is 1. The van der Waals surface area contributed by atoms with Crippen molar-refractivity contribution < 1.29 is 9.53 Å². The minimum absolute atomic E-state index is 0.107. The summed E-state index contributed by atoms with van der Waals surface area (Å²) < 4.78 is 5.73. The lowest BCUT2D eigenvalue weighted by atomic mass is 10.2. The molecule has 4 nitrogen and oxygen atoms in total. The fourth-order valence-corrected chi connectivity index (χ4v) is 2.79. The maximum Gasteiger partial charge on any atom is 0.222 e. The van der Waals surface area contributed by atoms with Crippen molar-refractivity contribution in [2.24, 2.45) is 0 Å². The van der Waals surface area contributed by atoms with E-state index in [2.05, 4.69) is 11.6 Å². The lowest BCUT2D eigenvalue weighted by Gasteiger charge is -2.19. The highest BCUT2D eigenvalue weighted by Gasteiger charge is 2.12. The van der Waals surface area contributed by atoms with Crippen LogP contribution in [0.4, 0.5) is 0 Å². The standard InChI is InChI=1S/C18H22N2O2S/c1-4-10-20(18(21)5-2)11-15-13-23-17(19-15)12-22-16-8-6-14(3)7-9-16/h4,6-9,13H,1,5,10-12H2,2-3H3. The van der Waals surface area contributed by atoms with Crippen LogP contribution in [0.15, 0.2) is 42.3 Å². The second-order valence-electron chi connectivity index (χ2n) is 5.25. The van der Waals surface area contributed by atoms with Gasteiger partial charge in [-0.1, -0.05) is 30.7 Å². The SMILES string of the molecule is C=CCN(Cc1csc(COc2ccc(C)cc2)n1)C(=O)CC. The number of hydrogen-bond donors (Lipinski definition) is 0. The summed E-state index contributed by atoms with van der Waals surface area (Å²) in [4.78, 5) is 18.2. The Labute approximate surface area is 141 Å². The fourth-order valence-electron chi connectivity index (χ4n) is 2.10. The van der Waals surface area contributed by atoms with E-state index in [9.17, 15) is 4.79 Å². The summed E-state index contributed by atoms with van der Waals surface area (Å²) in [6.07, 6.45) is 2.22. The van der Waals surface area contributed by atoms with Crippen molar-refractivity contribution in [3.63, 3.8) is 0 Å². The maximum absolute atomic E-state index is 11.9. The fraction of sp³-hybridized carbons (Fsp3) is 0.333. The van der Waals surface area contributed by atoms with E-state index in [1.54, 1.807) is 22.3 Å². The number of nitrogens with zero attached hydrogens (tertiary/aromatic N) is 2. The molecule has 23 heavy (non-hydrogen) atoms. The highest BCUT2D eigenvalue weighted by molar-refractivity contribution is 7.09. The van der Waals surface area contributed by atoms with E-state index in [4.69, 9.17) is 4.74 Å². The molecule has 0 aliphatic rings. The average molecular weight is 330 g/mol. The normalized spacial score (nSPS) is 10.3. The first kappa shape index (κ1) is 17.2. The van der Waals surface area contributed by atoms with Crippen LogP contribution < -0.4 is 4.74 Å². The molecule has 1 aromatic heterocycles. The third-order valence-corrected chi connectivity index (χ3v) is 4.21. The highest BCUT2D eigenvalue weighted by atomic mass is 32.1. The van der Waals surface area contributed by atoms with E-state index in [1.807, 2.05) is 43.5 Å². The van der Waals surface area contributed by atoms with Gasteiger partial charge in [-0.3, -0.25) is 4.79 Å². The first-order chi connectivity index (χ1) is 11.1. The Balaban J connectivity index is 1.92. The van der Waals surface area contributed by atoms with Gasteiger partial charge in [0.25, 0.3) is 0 Å². The van der Waals surface area contributed by atoms with Gasteiger partial charge in [-0.15, -0.1) is 17.9 Å². The van der Waals surface area contributed by atoms with Crippen molar-refractivity contribution in [3.8, 4) is 5.75 Å². The van der Waals surface area contributed by atoms with Crippen molar-refractivity contribution in [1.29, 1.82) is 0 Å². The largest absolute Gasteiger partial charge is 0.486 e. The molecule has 1 amide bonds. The van der Waals surface area contributed by atoms with Gasteiger partial charge >= 0.3 is 0 Å². The second-order valence-corrected chi connectivity index (χ2v) is 6.19. The number of benzene rings is 1. The van der Waals surface area contributed by atoms with Crippen LogP contribution in [0.5, 0.6) is 5.75 Å². The van der Waals surface area contributed by atoms with Gasteiger partial charge in [-0.2, -0.15) is 0 Å². The van der Waals surface area contributed by atoms with E-state index < -0.39 is 0 Å². The summed E-state index contributed by atoms with van der Waals surface area (Å²) in [5, 5.41) is 2.88. The molecule has 0 fully saturated rings. The lowest BCUT2D eigenvalue weighted by molar-refractivity contribution is -0.130. The number of carbonyl (C=O) groups excluding carboxylic acids is 1. The molecular formula is C18H22N2O2S. The summed E-state index contributed by atoms with van der Waals surface area (Å²) in [6, 6.07) is 7.95. The minimum atomic E-state index is 0.107. The third-order valence-electron chi connectivity index (χ3n) is 3.34. The van der Waals surface area contributed by atoms with E-state index in [1.165, 1.54) is 5.56 Å². The number of aromatic nitrogens is 1. The first-order valence-electron chi connectivity index (χ1n) is 7.63. The quantitative estimate of drug-likeness (QED) is 0.688. The molecule has 122 valence electrons. The van der Waals surface area contributed by atoms with Gasteiger partial charge in [0.15, 0.2) is 0 Å². The molecule has 1 heterocycles. The molecular weight excluding hydrogens is 308 g/mol. The average Bonchev–Trinajstić information content (AvgIpc) is 3.01. The summed E-state index contributed by atoms with van der Waals surface area (Å²) >= 11 is 1.55. The molecule has 1 aromatic carbocycles. The summed E-state index contributed by atoms with van der Waals surface area (Å²) in [5.41, 5.74) is 2.10. The van der Waals surface area contributed by atoms with E-state index in [-0.39, 0.29) is 5.91 Å². The molecule has 2 rings (SSSR count). The molecule has 0 spiro atoms. The van der Waals surface area contributed by atoms with Crippen LogP contribution >= 0.6 is 11.3 Å². The number of carbonyl (C=O) groups is 1. The van der Waals surface area contributed by atoms with E-state index >= 15 is 0 Å². The monoisotopic (exact) mass is 330 g/mol. The number of hydrogen-bond acceptors (Lipinski definition) is 4. The Hall–Kier alpha value is -2.14. The van der Waals surface area contributed by atoms with Crippen molar-refractivity contribution in [1.82, 2.24) is 9.88 Å². The highest BCUT2D eigenvalue weighted by Crippen LogP contribution is 2.17. The zero-order valence-electron chi connectivity index (χ0n) is 13.6. The molecule has 0 aliphatic heterocycles. The van der Waals surface area contributed by atoms with Gasteiger partial charge in [0.05, 0.1) is 12.2 Å². The molecule has 0 atom stereocenters. The Morgan fingerprint density at radius 3 is 2.78 bits per heavy atom. The third kappa shape index (κ3) is 5.21. The van der Waals surface area contributed by atoms with Gasteiger partial charge in [0, 0.05) is 18.3 Å². The van der Waals surface area contributed by atoms with Crippen LogP contribution in [0.25, 0.3) is 0 Å². The topological polar surface area (TPSA) is 42.4 Å². The number of thiazole rings is 1. The number of ether oxygens (including phenoxy) is 1. The van der Waals surface area contributed by atoms with Crippen LogP contribution in [0.2, 0.25) is 0 Å². The van der Waals surface area contributed by atoms with E-state index in [0.29, 0.717) is 26.1 Å². The van der Waals surface area contributed by atoms with Gasteiger partial charge in [-0.25, -0.2) is 4.98 Å². The van der Waals surface area contributed by atoms with Crippen LogP contribution in [-0.2, 0) is 17.9 Å². The summed E-state index contributed by atoms with van der Waals surface area (Å²) in [7, 11) is 0. The minimum Gasteiger partial charge on any atom is -0.486 e. The Kier molecular flexibility index (Phi) is 6.35. The van der Waals surface area contributed by atoms with Gasteiger partial charge < -0.3 is 9.64 Å². The summed E-state index contributed by atoms with van der Waals surface area (Å²) in [5.74, 6) is 0.942. The van der Waals surface area contributed by atoms with Gasteiger partial charge in [-0.05, 0) is 19.1 Å². The molecule has 0 saturated heterocycles. The second kappa shape index (κ2) is 8.48. The molecule has 0 bridgehead atoms. The van der Waals surface area contributed by atoms with Crippen molar-refractivity contribution in [2.75, 3.05) is 6.54 Å². The zero-order valence-corrected chi connectivity index (χ0v) is 14.4. The molecule has 0 radical (unpaired) electrons. The number of rotatable bonds is 8. The van der Waals surface area contributed by atoms with Crippen molar-refractivity contribution in [3.05, 3.63) is 58.6 Å². The van der Waals surface area contributed by atoms with Gasteiger partial charge in [0.1, 0.15) is 17.4 Å². The molecule has 0 N–H and O–H groups in total. The summed E-state index contributed by atoms with van der Waals surface area (Å²) in [6.45, 7) is 9.10. The van der Waals surface area contributed by atoms with Crippen LogP contribution in [0.3, 0.4) is 0 Å². The predicted octanol–water partition coefficient (Wildman–Crippen LogP) is 3.96. The Bertz CT molecular complexity index is 649. The molecule has 0 saturated carbocycles. The molecule has 0 unspecified atom stereocenters. The van der Waals surface area contributed by atoms with E-state index in [0.717, 1.165) is 16.5 Å². The molecule has 0 aliphatic carbocycles. The van der Waals surface area contributed by atoms with Crippen LogP contribution in [0.1, 0.15) is 29.6 Å². The lowest BCUT2D eigenvalue weighted by Crippen LogP contribution is -2.30. The van der Waals surface area contributed by atoms with Crippen LogP contribution in [0, 0.1) is 6.92 Å². The Morgan fingerprint density at radius 2 is 2.13 bits per heavy atom. The molecule has 5 heteroatoms. The van der Waals surface area contributed by atoms with Crippen molar-refractivity contribution in [2.45, 2.75) is 33.4 Å².